The van der Waals surface area contributed by atoms with E-state index in [1.165, 1.54) is 6.26 Å². The highest BCUT2D eigenvalue weighted by Gasteiger charge is 2.24. The number of amides is 2. The number of carbonyl (C=O) groups excluding carboxylic acids is 2. The van der Waals surface area contributed by atoms with Gasteiger partial charge in [0.2, 0.25) is 0 Å². The van der Waals surface area contributed by atoms with Gasteiger partial charge in [0.05, 0.1) is 17.0 Å². The number of ether oxygens (including phenoxy) is 1. The van der Waals surface area contributed by atoms with Crippen LogP contribution in [0, 0.1) is 0 Å². The molecular weight excluding hydrogens is 453 g/mol. The summed E-state index contributed by atoms with van der Waals surface area (Å²) in [6.45, 7) is 2.29. The third kappa shape index (κ3) is 5.36. The molecule has 1 N–H and O–H groups in total. The highest BCUT2D eigenvalue weighted by Crippen LogP contribution is 2.30. The normalized spacial score (nSPS) is 13.7. The van der Waals surface area contributed by atoms with Crippen LogP contribution < -0.4 is 15.0 Å². The maximum absolute atomic E-state index is 12.4. The second-order valence-corrected chi connectivity index (χ2v) is 8.06. The number of anilines is 2. The molecule has 0 bridgehead atoms. The number of carbonyl (C=O) groups is 2. The van der Waals surface area contributed by atoms with Crippen molar-refractivity contribution in [2.24, 2.45) is 0 Å². The van der Waals surface area contributed by atoms with E-state index in [4.69, 9.17) is 32.4 Å². The number of rotatable bonds is 6. The van der Waals surface area contributed by atoms with Gasteiger partial charge in [0.1, 0.15) is 5.75 Å². The van der Waals surface area contributed by atoms with Crippen molar-refractivity contribution < 1.29 is 18.7 Å². The van der Waals surface area contributed by atoms with Gasteiger partial charge in [0.15, 0.2) is 12.4 Å². The van der Waals surface area contributed by atoms with Crippen LogP contribution in [0.3, 0.4) is 0 Å². The second kappa shape index (κ2) is 9.97. The topological polar surface area (TPSA) is 75.0 Å². The fraction of sp³-hybridized carbons (Fsp3) is 0.217. The van der Waals surface area contributed by atoms with Crippen LogP contribution in [0.5, 0.6) is 5.75 Å². The Morgan fingerprint density at radius 1 is 1.00 bits per heavy atom. The smallest absolute Gasteiger partial charge is 0.289 e. The van der Waals surface area contributed by atoms with Gasteiger partial charge in [-0.1, -0.05) is 23.2 Å². The first-order valence-electron chi connectivity index (χ1n) is 10.0. The van der Waals surface area contributed by atoms with E-state index < -0.39 is 0 Å². The fourth-order valence-corrected chi connectivity index (χ4v) is 3.85. The quantitative estimate of drug-likeness (QED) is 0.567. The van der Waals surface area contributed by atoms with E-state index in [1.54, 1.807) is 53.4 Å². The maximum atomic E-state index is 12.4. The Hall–Kier alpha value is -3.16. The monoisotopic (exact) mass is 473 g/mol. The van der Waals surface area contributed by atoms with E-state index in [-0.39, 0.29) is 18.4 Å². The minimum absolute atomic E-state index is 0.111. The molecule has 0 spiro atoms. The van der Waals surface area contributed by atoms with Crippen molar-refractivity contribution in [1.82, 2.24) is 4.90 Å². The summed E-state index contributed by atoms with van der Waals surface area (Å²) in [5, 5.41) is 3.90. The number of benzene rings is 2. The molecule has 32 heavy (non-hydrogen) atoms. The molecule has 0 saturated carbocycles. The van der Waals surface area contributed by atoms with Gasteiger partial charge in [-0.15, -0.1) is 0 Å². The van der Waals surface area contributed by atoms with Gasteiger partial charge >= 0.3 is 0 Å². The summed E-state index contributed by atoms with van der Waals surface area (Å²) in [7, 11) is 0. The molecule has 0 unspecified atom stereocenters. The Morgan fingerprint density at radius 3 is 2.41 bits per heavy atom. The summed E-state index contributed by atoms with van der Waals surface area (Å²) in [5.41, 5.74) is 1.43. The Balaban J connectivity index is 1.30. The third-order valence-corrected chi connectivity index (χ3v) is 5.61. The highest BCUT2D eigenvalue weighted by atomic mass is 35.5. The molecular formula is C23H21Cl2N3O4. The molecule has 7 nitrogen and oxygen atoms in total. The summed E-state index contributed by atoms with van der Waals surface area (Å²) in [6, 6.07) is 15.5. The predicted molar refractivity (Wildman–Crippen MR) is 124 cm³/mol. The largest absolute Gasteiger partial charge is 0.484 e. The van der Waals surface area contributed by atoms with Crippen LogP contribution in [0.4, 0.5) is 11.4 Å². The number of halogens is 2. The van der Waals surface area contributed by atoms with Crippen molar-refractivity contribution in [2.75, 3.05) is 43.0 Å². The van der Waals surface area contributed by atoms with E-state index >= 15 is 0 Å². The van der Waals surface area contributed by atoms with Crippen LogP contribution in [0.1, 0.15) is 10.6 Å². The first-order valence-corrected chi connectivity index (χ1v) is 10.8. The standard InChI is InChI=1S/C23H21Cl2N3O4/c24-16-3-6-18(7-4-16)32-15-22(29)26-17-5-8-20(19(25)14-17)27-9-11-28(12-10-27)23(30)21-2-1-13-31-21/h1-8,13-14H,9-12,15H2,(H,26,29). The van der Waals surface area contributed by atoms with Crippen LogP contribution in [0.25, 0.3) is 0 Å². The molecule has 1 aliphatic rings. The summed E-state index contributed by atoms with van der Waals surface area (Å²) in [4.78, 5) is 28.5. The molecule has 4 rings (SSSR count). The third-order valence-electron chi connectivity index (χ3n) is 5.05. The summed E-state index contributed by atoms with van der Waals surface area (Å²) in [6.07, 6.45) is 1.49. The van der Waals surface area contributed by atoms with E-state index in [0.717, 1.165) is 5.69 Å². The number of hydrogen-bond donors (Lipinski definition) is 1. The number of piperazine rings is 1. The molecule has 2 heterocycles. The fourth-order valence-electron chi connectivity index (χ4n) is 3.42. The van der Waals surface area contributed by atoms with Gasteiger partial charge in [0.25, 0.3) is 11.8 Å². The van der Waals surface area contributed by atoms with Crippen molar-refractivity contribution in [3.8, 4) is 5.75 Å². The van der Waals surface area contributed by atoms with E-state index in [1.807, 2.05) is 6.07 Å². The van der Waals surface area contributed by atoms with E-state index in [9.17, 15) is 9.59 Å². The number of hydrogen-bond acceptors (Lipinski definition) is 5. The van der Waals surface area contributed by atoms with Crippen LogP contribution in [-0.2, 0) is 4.79 Å². The summed E-state index contributed by atoms with van der Waals surface area (Å²) in [5.74, 6) is 0.493. The van der Waals surface area contributed by atoms with Gasteiger partial charge in [-0.2, -0.15) is 0 Å². The van der Waals surface area contributed by atoms with Crippen molar-refractivity contribution in [3.05, 3.63) is 76.7 Å². The van der Waals surface area contributed by atoms with Crippen LogP contribution in [0.2, 0.25) is 10.0 Å². The lowest BCUT2D eigenvalue weighted by Gasteiger charge is -2.36. The molecule has 9 heteroatoms. The molecule has 0 radical (unpaired) electrons. The Kier molecular flexibility index (Phi) is 6.87. The van der Waals surface area contributed by atoms with E-state index in [0.29, 0.717) is 53.4 Å². The van der Waals surface area contributed by atoms with Crippen molar-refractivity contribution in [2.45, 2.75) is 0 Å². The van der Waals surface area contributed by atoms with Gasteiger partial charge in [-0.3, -0.25) is 9.59 Å². The van der Waals surface area contributed by atoms with Gasteiger partial charge in [-0.25, -0.2) is 0 Å². The molecule has 1 aliphatic heterocycles. The predicted octanol–water partition coefficient (Wildman–Crippen LogP) is 4.57. The second-order valence-electron chi connectivity index (χ2n) is 7.21. The lowest BCUT2D eigenvalue weighted by molar-refractivity contribution is -0.118. The van der Waals surface area contributed by atoms with Gasteiger partial charge in [0, 0.05) is 36.9 Å². The van der Waals surface area contributed by atoms with Crippen molar-refractivity contribution in [1.29, 1.82) is 0 Å². The Morgan fingerprint density at radius 2 is 1.75 bits per heavy atom. The Bertz CT molecular complexity index is 1080. The first kappa shape index (κ1) is 22.0. The first-order chi connectivity index (χ1) is 15.5. The maximum Gasteiger partial charge on any atom is 0.289 e. The zero-order valence-electron chi connectivity index (χ0n) is 17.1. The number of nitrogens with zero attached hydrogens (tertiary/aromatic N) is 2. The van der Waals surface area contributed by atoms with Crippen molar-refractivity contribution in [3.63, 3.8) is 0 Å². The molecule has 2 aromatic carbocycles. The highest BCUT2D eigenvalue weighted by molar-refractivity contribution is 6.33. The molecule has 3 aromatic rings. The zero-order chi connectivity index (χ0) is 22.5. The average Bonchev–Trinajstić information content (AvgIpc) is 3.34. The summed E-state index contributed by atoms with van der Waals surface area (Å²) < 4.78 is 10.6. The number of nitrogens with one attached hydrogen (secondary N) is 1. The lowest BCUT2D eigenvalue weighted by Crippen LogP contribution is -2.48. The molecule has 1 aromatic heterocycles. The summed E-state index contributed by atoms with van der Waals surface area (Å²) >= 11 is 12.3. The van der Waals surface area contributed by atoms with Crippen molar-refractivity contribution >= 4 is 46.4 Å². The van der Waals surface area contributed by atoms with E-state index in [2.05, 4.69) is 10.2 Å². The molecule has 0 aliphatic carbocycles. The molecule has 1 saturated heterocycles. The average molecular weight is 474 g/mol. The molecule has 1 fully saturated rings. The lowest BCUT2D eigenvalue weighted by atomic mass is 10.2. The minimum atomic E-state index is -0.297. The SMILES string of the molecule is O=C(COc1ccc(Cl)cc1)Nc1ccc(N2CCN(C(=O)c3ccco3)CC2)c(Cl)c1. The molecule has 166 valence electrons. The van der Waals surface area contributed by atoms with Crippen LogP contribution in [-0.4, -0.2) is 49.5 Å². The van der Waals surface area contributed by atoms with Gasteiger partial charge < -0.3 is 24.3 Å². The van der Waals surface area contributed by atoms with Gasteiger partial charge in [-0.05, 0) is 54.6 Å². The Labute approximate surface area is 195 Å². The molecule has 0 atom stereocenters. The number of furan rings is 1. The van der Waals surface area contributed by atoms with Crippen LogP contribution in [0.15, 0.2) is 65.3 Å². The zero-order valence-corrected chi connectivity index (χ0v) is 18.6. The molecule has 2 amide bonds. The minimum Gasteiger partial charge on any atom is -0.484 e. The van der Waals surface area contributed by atoms with Crippen LogP contribution >= 0.6 is 23.2 Å².